The molecule has 0 aliphatic rings. The molecule has 0 heterocycles. The molecule has 4 nitrogen and oxygen atoms in total. The number of carboxylic acid groups (broad SMARTS) is 2. The second kappa shape index (κ2) is 4.95. The fraction of sp³-hybridized carbons (Fsp3) is 0.111. The fourth-order valence-corrected chi connectivity index (χ4v) is 1.02. The summed E-state index contributed by atoms with van der Waals surface area (Å²) in [5.74, 6) is -2.64. The third kappa shape index (κ3) is 2.70. The number of aryl methyl sites for hydroxylation is 1. The van der Waals surface area contributed by atoms with Crippen molar-refractivity contribution in [2.75, 3.05) is 0 Å². The van der Waals surface area contributed by atoms with E-state index in [9.17, 15) is 19.8 Å². The Balaban J connectivity index is 0.00000169. The van der Waals surface area contributed by atoms with Crippen LogP contribution in [0.15, 0.2) is 18.2 Å². The summed E-state index contributed by atoms with van der Waals surface area (Å²) < 4.78 is 0. The predicted molar refractivity (Wildman–Crippen MR) is 39.8 cm³/mol. The quantitative estimate of drug-likeness (QED) is 0.634. The second-order valence-electron chi connectivity index (χ2n) is 2.60. The molecule has 1 aromatic carbocycles. The van der Waals surface area contributed by atoms with E-state index in [-0.39, 0.29) is 33.5 Å². The van der Waals surface area contributed by atoms with Crippen LogP contribution < -0.4 is 10.2 Å². The van der Waals surface area contributed by atoms with Gasteiger partial charge in [0.05, 0.1) is 11.9 Å². The van der Waals surface area contributed by atoms with Crippen LogP contribution in [0, 0.1) is 6.92 Å². The summed E-state index contributed by atoms with van der Waals surface area (Å²) in [6.45, 7) is 1.50. The van der Waals surface area contributed by atoms with E-state index in [2.05, 4.69) is 0 Å². The van der Waals surface area contributed by atoms with Crippen LogP contribution in [0.2, 0.25) is 0 Å². The van der Waals surface area contributed by atoms with Gasteiger partial charge in [0.2, 0.25) is 0 Å². The van der Waals surface area contributed by atoms with Gasteiger partial charge in [0.15, 0.2) is 0 Å². The first-order valence-corrected chi connectivity index (χ1v) is 3.55. The Morgan fingerprint density at radius 3 is 2.07 bits per heavy atom. The third-order valence-corrected chi connectivity index (χ3v) is 1.68. The van der Waals surface area contributed by atoms with Gasteiger partial charge in [0.1, 0.15) is 0 Å². The Bertz CT molecular complexity index is 373. The number of carbonyl (C=O) groups excluding carboxylic acids is 2. The Labute approximate surface area is 96.1 Å². The summed E-state index contributed by atoms with van der Waals surface area (Å²) in [5, 5.41) is 20.8. The first-order valence-electron chi connectivity index (χ1n) is 3.55. The number of hydrogen-bond donors (Lipinski definition) is 0. The molecular formula is C9H6AgO4. The molecule has 0 atom stereocenters. The van der Waals surface area contributed by atoms with Crippen LogP contribution in [0.5, 0.6) is 0 Å². The summed E-state index contributed by atoms with van der Waals surface area (Å²) in [4.78, 5) is 20.8. The monoisotopic (exact) mass is 285 g/mol. The summed E-state index contributed by atoms with van der Waals surface area (Å²) in [6, 6.07) is 3.60. The molecule has 0 N–H and O–H groups in total. The molecule has 5 heteroatoms. The van der Waals surface area contributed by atoms with E-state index >= 15 is 0 Å². The van der Waals surface area contributed by atoms with Crippen molar-refractivity contribution in [1.29, 1.82) is 0 Å². The molecule has 1 radical (unpaired) electrons. The zero-order chi connectivity index (χ0) is 10.0. The second-order valence-corrected chi connectivity index (χ2v) is 2.60. The van der Waals surface area contributed by atoms with Gasteiger partial charge in [-0.1, -0.05) is 12.1 Å². The fourth-order valence-electron chi connectivity index (χ4n) is 1.02. The van der Waals surface area contributed by atoms with E-state index in [4.69, 9.17) is 0 Å². The van der Waals surface area contributed by atoms with Crippen molar-refractivity contribution in [3.8, 4) is 0 Å². The molecule has 14 heavy (non-hydrogen) atoms. The number of hydrogen-bond acceptors (Lipinski definition) is 4. The standard InChI is InChI=1S/C9H8O4.Ag/c1-5-4-6(8(10)11)2-3-7(5)9(12)13;/h2-4H,1H3,(H,10,11)(H,12,13);/q;+2/p-2. The first kappa shape index (κ1) is 12.9. The summed E-state index contributed by atoms with van der Waals surface area (Å²) in [5.41, 5.74) is 0.300. The first-order chi connectivity index (χ1) is 6.02. The summed E-state index contributed by atoms with van der Waals surface area (Å²) in [6.07, 6.45) is 0. The SMILES string of the molecule is Cc1cc(C(=O)[O-])ccc1C(=O)[O-].[Ag+2]. The van der Waals surface area contributed by atoms with Crippen LogP contribution in [0.25, 0.3) is 0 Å². The molecule has 0 saturated heterocycles. The van der Waals surface area contributed by atoms with Crippen molar-refractivity contribution >= 4 is 11.9 Å². The topological polar surface area (TPSA) is 80.3 Å². The van der Waals surface area contributed by atoms with Crippen molar-refractivity contribution in [3.05, 3.63) is 34.9 Å². The molecule has 0 aliphatic heterocycles. The van der Waals surface area contributed by atoms with Gasteiger partial charge in [-0.2, -0.15) is 0 Å². The number of carboxylic acids is 2. The number of benzene rings is 1. The maximum atomic E-state index is 10.4. The number of carbonyl (C=O) groups is 2. The van der Waals surface area contributed by atoms with Crippen molar-refractivity contribution < 1.29 is 42.2 Å². The molecule has 0 bridgehead atoms. The van der Waals surface area contributed by atoms with Gasteiger partial charge in [0.25, 0.3) is 0 Å². The van der Waals surface area contributed by atoms with E-state index < -0.39 is 11.9 Å². The Morgan fingerprint density at radius 2 is 1.71 bits per heavy atom. The molecule has 77 valence electrons. The molecule has 0 amide bonds. The maximum absolute atomic E-state index is 10.4. The third-order valence-electron chi connectivity index (χ3n) is 1.68. The van der Waals surface area contributed by atoms with Gasteiger partial charge in [0, 0.05) is 5.56 Å². The zero-order valence-electron chi connectivity index (χ0n) is 7.17. The van der Waals surface area contributed by atoms with E-state index in [0.29, 0.717) is 5.56 Å². The van der Waals surface area contributed by atoms with Crippen molar-refractivity contribution in [2.45, 2.75) is 6.92 Å². The van der Waals surface area contributed by atoms with Crippen molar-refractivity contribution in [3.63, 3.8) is 0 Å². The van der Waals surface area contributed by atoms with Crippen LogP contribution >= 0.6 is 0 Å². The summed E-state index contributed by atoms with van der Waals surface area (Å²) in [7, 11) is 0. The Kier molecular flexibility index (Phi) is 4.56. The van der Waals surface area contributed by atoms with Gasteiger partial charge in [-0.15, -0.1) is 0 Å². The predicted octanol–water partition coefficient (Wildman–Crippen LogP) is -1.28. The number of aromatic carboxylic acids is 2. The van der Waals surface area contributed by atoms with Gasteiger partial charge < -0.3 is 19.8 Å². The molecular weight excluding hydrogens is 280 g/mol. The minimum absolute atomic E-state index is 0. The van der Waals surface area contributed by atoms with Gasteiger partial charge in [-0.3, -0.25) is 0 Å². The molecule has 0 fully saturated rings. The molecule has 1 aromatic rings. The van der Waals surface area contributed by atoms with E-state index in [1.807, 2.05) is 0 Å². The molecule has 1 rings (SSSR count). The average molecular weight is 286 g/mol. The van der Waals surface area contributed by atoms with E-state index in [1.54, 1.807) is 0 Å². The summed E-state index contributed by atoms with van der Waals surface area (Å²) >= 11 is 0. The minimum Gasteiger partial charge on any atom is -0.545 e. The van der Waals surface area contributed by atoms with Crippen molar-refractivity contribution in [2.24, 2.45) is 0 Å². The Morgan fingerprint density at radius 1 is 1.14 bits per heavy atom. The van der Waals surface area contributed by atoms with E-state index in [1.165, 1.54) is 25.1 Å². The zero-order valence-corrected chi connectivity index (χ0v) is 8.65. The maximum Gasteiger partial charge on any atom is 2.00 e. The average Bonchev–Trinajstić information content (AvgIpc) is 2.03. The van der Waals surface area contributed by atoms with Crippen molar-refractivity contribution in [1.82, 2.24) is 0 Å². The smallest absolute Gasteiger partial charge is 0.545 e. The minimum atomic E-state index is -1.33. The van der Waals surface area contributed by atoms with Crippen LogP contribution in [-0.4, -0.2) is 11.9 Å². The molecule has 0 unspecified atom stereocenters. The van der Waals surface area contributed by atoms with Crippen LogP contribution in [0.1, 0.15) is 26.3 Å². The van der Waals surface area contributed by atoms with E-state index in [0.717, 1.165) is 0 Å². The largest absolute Gasteiger partial charge is 2.00 e. The van der Waals surface area contributed by atoms with Gasteiger partial charge >= 0.3 is 22.4 Å². The molecule has 0 aliphatic carbocycles. The normalized spacial score (nSPS) is 8.93. The molecule has 0 spiro atoms. The molecule has 0 aromatic heterocycles. The van der Waals surface area contributed by atoms with Crippen LogP contribution in [0.3, 0.4) is 0 Å². The van der Waals surface area contributed by atoms with Crippen LogP contribution in [-0.2, 0) is 22.4 Å². The Hall–Kier alpha value is -1.10. The number of rotatable bonds is 2. The molecule has 0 saturated carbocycles. The van der Waals surface area contributed by atoms with Gasteiger partial charge in [-0.25, -0.2) is 0 Å². The van der Waals surface area contributed by atoms with Gasteiger partial charge in [-0.05, 0) is 24.1 Å². The van der Waals surface area contributed by atoms with Crippen LogP contribution in [0.4, 0.5) is 0 Å².